The zero-order chi connectivity index (χ0) is 9.47. The highest BCUT2D eigenvalue weighted by atomic mass is 16.7. The summed E-state index contributed by atoms with van der Waals surface area (Å²) in [7, 11) is 1.51. The van der Waals surface area contributed by atoms with Gasteiger partial charge in [-0.05, 0) is 12.5 Å². The lowest BCUT2D eigenvalue weighted by atomic mass is 10.0. The summed E-state index contributed by atoms with van der Waals surface area (Å²) < 4.78 is 0. The number of amides is 1. The van der Waals surface area contributed by atoms with E-state index in [1.807, 2.05) is 37.3 Å². The number of benzene rings is 1. The SMILES string of the molecule is CON1C(=O)C1(C)c1ccccc1. The largest absolute Gasteiger partial charge is 0.280 e. The summed E-state index contributed by atoms with van der Waals surface area (Å²) in [6.45, 7) is 1.86. The van der Waals surface area contributed by atoms with Crippen LogP contribution in [0.3, 0.4) is 0 Å². The van der Waals surface area contributed by atoms with Crippen LogP contribution < -0.4 is 0 Å². The van der Waals surface area contributed by atoms with Crippen molar-refractivity contribution in [2.45, 2.75) is 12.5 Å². The van der Waals surface area contributed by atoms with E-state index in [1.165, 1.54) is 12.2 Å². The van der Waals surface area contributed by atoms with E-state index in [4.69, 9.17) is 4.84 Å². The van der Waals surface area contributed by atoms with Crippen LogP contribution in [0, 0.1) is 0 Å². The zero-order valence-corrected chi connectivity index (χ0v) is 7.65. The molecule has 0 spiro atoms. The van der Waals surface area contributed by atoms with Gasteiger partial charge in [-0.3, -0.25) is 9.63 Å². The van der Waals surface area contributed by atoms with Crippen LogP contribution >= 0.6 is 0 Å². The molecule has 13 heavy (non-hydrogen) atoms. The summed E-state index contributed by atoms with van der Waals surface area (Å²) in [4.78, 5) is 16.3. The zero-order valence-electron chi connectivity index (χ0n) is 7.65. The monoisotopic (exact) mass is 177 g/mol. The van der Waals surface area contributed by atoms with Crippen LogP contribution in [-0.4, -0.2) is 18.1 Å². The molecule has 1 aromatic rings. The lowest BCUT2D eigenvalue weighted by Gasteiger charge is -2.07. The second-order valence-electron chi connectivity index (χ2n) is 3.22. The number of hydrogen-bond acceptors (Lipinski definition) is 2. The molecule has 2 rings (SSSR count). The van der Waals surface area contributed by atoms with E-state index >= 15 is 0 Å². The summed E-state index contributed by atoms with van der Waals surface area (Å²) in [5, 5.41) is 1.38. The summed E-state index contributed by atoms with van der Waals surface area (Å²) in [6.07, 6.45) is 0. The molecule has 1 fully saturated rings. The number of hydroxylamine groups is 2. The van der Waals surface area contributed by atoms with Crippen molar-refractivity contribution in [3.05, 3.63) is 35.9 Å². The number of hydrogen-bond donors (Lipinski definition) is 0. The molecular formula is C10H11NO2. The fourth-order valence-electron chi connectivity index (χ4n) is 1.55. The molecule has 1 unspecified atom stereocenters. The lowest BCUT2D eigenvalue weighted by molar-refractivity contribution is -0.130. The number of rotatable bonds is 2. The van der Waals surface area contributed by atoms with E-state index in [0.717, 1.165) is 5.56 Å². The van der Waals surface area contributed by atoms with Crippen LogP contribution in [-0.2, 0) is 15.2 Å². The van der Waals surface area contributed by atoms with Gasteiger partial charge in [-0.25, -0.2) is 0 Å². The minimum absolute atomic E-state index is 0.0150. The molecule has 0 saturated carbocycles. The van der Waals surface area contributed by atoms with Crippen LogP contribution in [0.5, 0.6) is 0 Å². The third-order valence-electron chi connectivity index (χ3n) is 2.48. The third kappa shape index (κ3) is 0.971. The van der Waals surface area contributed by atoms with Crippen LogP contribution in [0.2, 0.25) is 0 Å². The van der Waals surface area contributed by atoms with Crippen molar-refractivity contribution < 1.29 is 9.63 Å². The Balaban J connectivity index is 2.34. The Labute approximate surface area is 76.9 Å². The van der Waals surface area contributed by atoms with Crippen molar-refractivity contribution in [3.63, 3.8) is 0 Å². The van der Waals surface area contributed by atoms with Crippen LogP contribution in [0.4, 0.5) is 0 Å². The first-order valence-corrected chi connectivity index (χ1v) is 4.15. The highest BCUT2D eigenvalue weighted by molar-refractivity contribution is 6.01. The van der Waals surface area contributed by atoms with Crippen molar-refractivity contribution >= 4 is 5.91 Å². The summed E-state index contributed by atoms with van der Waals surface area (Å²) in [5.74, 6) is 0.0150. The molecule has 1 amide bonds. The third-order valence-corrected chi connectivity index (χ3v) is 2.48. The summed E-state index contributed by atoms with van der Waals surface area (Å²) in [5.41, 5.74) is 0.414. The first kappa shape index (κ1) is 8.26. The standard InChI is InChI=1S/C10H11NO2/c1-10(9(12)11(10)13-2)8-6-4-3-5-7-8/h3-7H,1-2H3. The van der Waals surface area contributed by atoms with Crippen molar-refractivity contribution in [1.82, 2.24) is 5.06 Å². The van der Waals surface area contributed by atoms with Gasteiger partial charge < -0.3 is 0 Å². The molecule has 1 heterocycles. The molecule has 0 aliphatic carbocycles. The molecular weight excluding hydrogens is 166 g/mol. The second-order valence-corrected chi connectivity index (χ2v) is 3.22. The predicted molar refractivity (Wildman–Crippen MR) is 47.6 cm³/mol. The number of nitrogens with zero attached hydrogens (tertiary/aromatic N) is 1. The van der Waals surface area contributed by atoms with Crippen molar-refractivity contribution in [1.29, 1.82) is 0 Å². The molecule has 1 atom stereocenters. The van der Waals surface area contributed by atoms with Gasteiger partial charge in [0, 0.05) is 0 Å². The van der Waals surface area contributed by atoms with Crippen LogP contribution in [0.1, 0.15) is 12.5 Å². The maximum atomic E-state index is 11.4. The highest BCUT2D eigenvalue weighted by Gasteiger charge is 2.61. The van der Waals surface area contributed by atoms with Crippen molar-refractivity contribution in [2.75, 3.05) is 7.11 Å². The van der Waals surface area contributed by atoms with E-state index < -0.39 is 5.54 Å². The van der Waals surface area contributed by atoms with Gasteiger partial charge in [-0.2, -0.15) is 5.06 Å². The van der Waals surface area contributed by atoms with Crippen LogP contribution in [0.25, 0.3) is 0 Å². The van der Waals surface area contributed by atoms with E-state index in [9.17, 15) is 4.79 Å². The van der Waals surface area contributed by atoms with E-state index in [1.54, 1.807) is 0 Å². The second kappa shape index (κ2) is 2.57. The van der Waals surface area contributed by atoms with Crippen LogP contribution in [0.15, 0.2) is 30.3 Å². The molecule has 0 N–H and O–H groups in total. The Morgan fingerprint density at radius 2 is 1.92 bits per heavy atom. The first-order chi connectivity index (χ1) is 6.21. The van der Waals surface area contributed by atoms with E-state index in [-0.39, 0.29) is 5.91 Å². The quantitative estimate of drug-likeness (QED) is 0.637. The number of carbonyl (C=O) groups excluding carboxylic acids is 1. The molecule has 1 aliphatic heterocycles. The van der Waals surface area contributed by atoms with Gasteiger partial charge in [0.25, 0.3) is 5.91 Å². The average Bonchev–Trinajstić information content (AvgIpc) is 2.72. The van der Waals surface area contributed by atoms with Gasteiger partial charge in [0.2, 0.25) is 0 Å². The highest BCUT2D eigenvalue weighted by Crippen LogP contribution is 2.43. The van der Waals surface area contributed by atoms with Gasteiger partial charge in [0.05, 0.1) is 7.11 Å². The van der Waals surface area contributed by atoms with Gasteiger partial charge in [0.1, 0.15) is 0 Å². The smallest absolute Gasteiger partial charge is 0.273 e. The van der Waals surface area contributed by atoms with Gasteiger partial charge in [-0.15, -0.1) is 0 Å². The number of carbonyl (C=O) groups is 1. The Bertz CT molecular complexity index is 336. The molecule has 1 saturated heterocycles. The summed E-state index contributed by atoms with van der Waals surface area (Å²) >= 11 is 0. The minimum Gasteiger partial charge on any atom is -0.273 e. The normalized spacial score (nSPS) is 26.3. The topological polar surface area (TPSA) is 29.3 Å². The molecule has 3 heteroatoms. The molecule has 0 bridgehead atoms. The van der Waals surface area contributed by atoms with Gasteiger partial charge >= 0.3 is 0 Å². The van der Waals surface area contributed by atoms with E-state index in [0.29, 0.717) is 0 Å². The Hall–Kier alpha value is -1.35. The van der Waals surface area contributed by atoms with Crippen molar-refractivity contribution in [2.24, 2.45) is 0 Å². The molecule has 0 aromatic heterocycles. The lowest BCUT2D eigenvalue weighted by Crippen LogP contribution is -2.10. The molecule has 1 aromatic carbocycles. The molecule has 68 valence electrons. The molecule has 1 aliphatic rings. The minimum atomic E-state index is -0.560. The average molecular weight is 177 g/mol. The fourth-order valence-corrected chi connectivity index (χ4v) is 1.55. The fraction of sp³-hybridized carbons (Fsp3) is 0.300. The Morgan fingerprint density at radius 1 is 1.31 bits per heavy atom. The maximum absolute atomic E-state index is 11.4. The first-order valence-electron chi connectivity index (χ1n) is 4.15. The van der Waals surface area contributed by atoms with Gasteiger partial charge in [0.15, 0.2) is 5.54 Å². The van der Waals surface area contributed by atoms with E-state index in [2.05, 4.69) is 0 Å². The Morgan fingerprint density at radius 3 is 2.38 bits per heavy atom. The Kier molecular flexibility index (Phi) is 1.63. The van der Waals surface area contributed by atoms with Gasteiger partial charge in [-0.1, -0.05) is 30.3 Å². The maximum Gasteiger partial charge on any atom is 0.280 e. The van der Waals surface area contributed by atoms with Crippen molar-refractivity contribution in [3.8, 4) is 0 Å². The molecule has 0 radical (unpaired) electrons. The summed E-state index contributed by atoms with van der Waals surface area (Å²) in [6, 6.07) is 9.62. The predicted octanol–water partition coefficient (Wildman–Crippen LogP) is 1.31. The molecule has 3 nitrogen and oxygen atoms in total.